The molecular weight excluding hydrogens is 391 g/mol. The van der Waals surface area contributed by atoms with Gasteiger partial charge in [0.05, 0.1) is 31.1 Å². The Morgan fingerprint density at radius 3 is 2.32 bits per heavy atom. The van der Waals surface area contributed by atoms with Crippen LogP contribution in [0.25, 0.3) is 0 Å². The van der Waals surface area contributed by atoms with Crippen molar-refractivity contribution in [1.82, 2.24) is 10.4 Å². The number of nitrogens with two attached hydrogens (primary N) is 1. The predicted molar refractivity (Wildman–Crippen MR) is 98.3 cm³/mol. The first-order valence-corrected chi connectivity index (χ1v) is 7.87. The number of ether oxygens (including phenoxy) is 2. The van der Waals surface area contributed by atoms with E-state index in [9.17, 15) is 4.79 Å². The Bertz CT molecular complexity index is 821. The number of hydrogen-bond acceptors (Lipinski definition) is 6. The number of benzene rings is 1. The van der Waals surface area contributed by atoms with Gasteiger partial charge < -0.3 is 15.2 Å². The SMILES string of the molecule is COc1cc(C=NNC(=O)c2nc(Cl)c(Cl)c(N)c2Cl)cc(OC)c1. The standard InChI is InChI=1S/C15H13Cl3N4O3/c1-24-8-3-7(4-9(5-8)25-2)6-20-22-15(23)13-10(16)12(19)11(17)14(18)21-13/h3-6H,1-2H3,(H2,19,21)(H,22,23). The highest BCUT2D eigenvalue weighted by molar-refractivity contribution is 6.46. The van der Waals surface area contributed by atoms with Gasteiger partial charge in [-0.1, -0.05) is 34.8 Å². The summed E-state index contributed by atoms with van der Waals surface area (Å²) in [4.78, 5) is 15.9. The average Bonchev–Trinajstić information content (AvgIpc) is 2.62. The molecular formula is C15H13Cl3N4O3. The third-order valence-electron chi connectivity index (χ3n) is 3.04. The molecule has 7 nitrogen and oxygen atoms in total. The van der Waals surface area contributed by atoms with Crippen molar-refractivity contribution in [2.75, 3.05) is 20.0 Å². The van der Waals surface area contributed by atoms with Crippen LogP contribution in [0.1, 0.15) is 16.1 Å². The van der Waals surface area contributed by atoms with Crippen LogP contribution in [0.3, 0.4) is 0 Å². The maximum Gasteiger partial charge on any atom is 0.291 e. The molecule has 0 aliphatic carbocycles. The molecule has 1 aromatic heterocycles. The van der Waals surface area contributed by atoms with E-state index >= 15 is 0 Å². The van der Waals surface area contributed by atoms with Gasteiger partial charge in [-0.3, -0.25) is 4.79 Å². The normalized spacial score (nSPS) is 10.8. The highest BCUT2D eigenvalue weighted by Gasteiger charge is 2.19. The molecule has 0 spiro atoms. The summed E-state index contributed by atoms with van der Waals surface area (Å²) in [6.07, 6.45) is 1.40. The summed E-state index contributed by atoms with van der Waals surface area (Å²) in [5.74, 6) is 0.463. The van der Waals surface area contributed by atoms with Gasteiger partial charge in [-0.05, 0) is 12.1 Å². The van der Waals surface area contributed by atoms with Crippen molar-refractivity contribution in [3.05, 3.63) is 44.7 Å². The van der Waals surface area contributed by atoms with E-state index in [0.29, 0.717) is 17.1 Å². The molecule has 132 valence electrons. The van der Waals surface area contributed by atoms with E-state index in [0.717, 1.165) is 0 Å². The van der Waals surface area contributed by atoms with Gasteiger partial charge in [0.1, 0.15) is 16.5 Å². The van der Waals surface area contributed by atoms with Gasteiger partial charge in [0, 0.05) is 11.6 Å². The maximum atomic E-state index is 12.1. The lowest BCUT2D eigenvalue weighted by molar-refractivity contribution is 0.0950. The van der Waals surface area contributed by atoms with Crippen molar-refractivity contribution < 1.29 is 14.3 Å². The molecule has 0 saturated heterocycles. The minimum atomic E-state index is -0.693. The molecule has 2 rings (SSSR count). The van der Waals surface area contributed by atoms with Gasteiger partial charge in [-0.15, -0.1) is 0 Å². The van der Waals surface area contributed by atoms with Gasteiger partial charge >= 0.3 is 0 Å². The molecule has 0 aliphatic rings. The van der Waals surface area contributed by atoms with E-state index in [-0.39, 0.29) is 26.6 Å². The number of hydrogen-bond donors (Lipinski definition) is 2. The predicted octanol–water partition coefficient (Wildman–Crippen LogP) is 3.41. The molecule has 2 aromatic rings. The number of aromatic nitrogens is 1. The smallest absolute Gasteiger partial charge is 0.291 e. The summed E-state index contributed by atoms with van der Waals surface area (Å²) >= 11 is 17.6. The number of nitrogens with one attached hydrogen (secondary N) is 1. The van der Waals surface area contributed by atoms with E-state index in [1.807, 2.05) is 0 Å². The number of methoxy groups -OCH3 is 2. The number of carbonyl (C=O) groups is 1. The largest absolute Gasteiger partial charge is 0.497 e. The van der Waals surface area contributed by atoms with Crippen molar-refractivity contribution in [3.63, 3.8) is 0 Å². The average molecular weight is 404 g/mol. The number of pyridine rings is 1. The van der Waals surface area contributed by atoms with Crippen molar-refractivity contribution in [2.24, 2.45) is 5.10 Å². The number of nitrogens with zero attached hydrogens (tertiary/aromatic N) is 2. The third kappa shape index (κ3) is 4.45. The van der Waals surface area contributed by atoms with Crippen LogP contribution < -0.4 is 20.6 Å². The van der Waals surface area contributed by atoms with Crippen LogP contribution in [0, 0.1) is 0 Å². The molecule has 10 heteroatoms. The van der Waals surface area contributed by atoms with Crippen molar-refractivity contribution in [2.45, 2.75) is 0 Å². The van der Waals surface area contributed by atoms with Gasteiger partial charge in [-0.2, -0.15) is 5.10 Å². The molecule has 1 amide bonds. The number of anilines is 1. The molecule has 0 unspecified atom stereocenters. The number of halogens is 3. The third-order valence-corrected chi connectivity index (χ3v) is 4.18. The Hall–Kier alpha value is -2.22. The Kier molecular flexibility index (Phi) is 6.30. The molecule has 25 heavy (non-hydrogen) atoms. The van der Waals surface area contributed by atoms with Crippen LogP contribution in [0.4, 0.5) is 5.69 Å². The first-order valence-electron chi connectivity index (χ1n) is 6.73. The zero-order chi connectivity index (χ0) is 18.6. The van der Waals surface area contributed by atoms with E-state index in [1.165, 1.54) is 20.4 Å². The molecule has 0 fully saturated rings. The number of rotatable bonds is 5. The number of amides is 1. The van der Waals surface area contributed by atoms with Gasteiger partial charge in [0.15, 0.2) is 10.8 Å². The second-order valence-electron chi connectivity index (χ2n) is 4.64. The molecule has 0 atom stereocenters. The summed E-state index contributed by atoms with van der Waals surface area (Å²) in [7, 11) is 3.06. The lowest BCUT2D eigenvalue weighted by atomic mass is 10.2. The fourth-order valence-corrected chi connectivity index (χ4v) is 2.40. The van der Waals surface area contributed by atoms with Gasteiger partial charge in [0.25, 0.3) is 5.91 Å². The summed E-state index contributed by atoms with van der Waals surface area (Å²) in [6, 6.07) is 5.12. The second-order valence-corrected chi connectivity index (χ2v) is 5.75. The first-order chi connectivity index (χ1) is 11.9. The molecule has 0 aliphatic heterocycles. The highest BCUT2D eigenvalue weighted by atomic mass is 35.5. The van der Waals surface area contributed by atoms with Crippen LogP contribution >= 0.6 is 34.8 Å². The lowest BCUT2D eigenvalue weighted by Gasteiger charge is -2.08. The summed E-state index contributed by atoms with van der Waals surface area (Å²) < 4.78 is 10.3. The van der Waals surface area contributed by atoms with E-state index in [4.69, 9.17) is 50.0 Å². The Labute approximate surface area is 158 Å². The number of hydrazone groups is 1. The van der Waals surface area contributed by atoms with Crippen LogP contribution in [0.5, 0.6) is 11.5 Å². The van der Waals surface area contributed by atoms with E-state index < -0.39 is 5.91 Å². The Balaban J connectivity index is 2.19. The minimum absolute atomic E-state index is 0.0183. The maximum absolute atomic E-state index is 12.1. The van der Waals surface area contributed by atoms with Crippen LogP contribution in [-0.2, 0) is 0 Å². The highest BCUT2D eigenvalue weighted by Crippen LogP contribution is 2.34. The van der Waals surface area contributed by atoms with Gasteiger partial charge in [-0.25, -0.2) is 10.4 Å². The number of nitrogen functional groups attached to an aromatic ring is 1. The zero-order valence-corrected chi connectivity index (χ0v) is 15.4. The molecule has 0 radical (unpaired) electrons. The lowest BCUT2D eigenvalue weighted by Crippen LogP contribution is -2.20. The summed E-state index contributed by atoms with van der Waals surface area (Å²) in [5, 5.41) is 3.59. The summed E-state index contributed by atoms with van der Waals surface area (Å²) in [6.45, 7) is 0. The number of carbonyl (C=O) groups excluding carboxylic acids is 1. The molecule has 1 aromatic carbocycles. The van der Waals surface area contributed by atoms with Crippen LogP contribution in [-0.4, -0.2) is 31.3 Å². The quantitative estimate of drug-likeness (QED) is 0.453. The van der Waals surface area contributed by atoms with Crippen molar-refractivity contribution in [1.29, 1.82) is 0 Å². The fraction of sp³-hybridized carbons (Fsp3) is 0.133. The van der Waals surface area contributed by atoms with Gasteiger partial charge in [0.2, 0.25) is 0 Å². The topological polar surface area (TPSA) is 98.8 Å². The Morgan fingerprint density at radius 1 is 1.16 bits per heavy atom. The van der Waals surface area contributed by atoms with Crippen LogP contribution in [0.2, 0.25) is 15.2 Å². The van der Waals surface area contributed by atoms with E-state index in [1.54, 1.807) is 18.2 Å². The molecule has 1 heterocycles. The zero-order valence-electron chi connectivity index (χ0n) is 13.1. The minimum Gasteiger partial charge on any atom is -0.497 e. The van der Waals surface area contributed by atoms with Crippen molar-refractivity contribution in [3.8, 4) is 11.5 Å². The monoisotopic (exact) mass is 402 g/mol. The fourth-order valence-electron chi connectivity index (χ4n) is 1.80. The van der Waals surface area contributed by atoms with E-state index in [2.05, 4.69) is 15.5 Å². The van der Waals surface area contributed by atoms with Crippen molar-refractivity contribution >= 4 is 52.6 Å². The molecule has 3 N–H and O–H groups in total. The second kappa shape index (κ2) is 8.24. The summed E-state index contributed by atoms with van der Waals surface area (Å²) in [5.41, 5.74) is 8.38. The Morgan fingerprint density at radius 2 is 1.76 bits per heavy atom. The molecule has 0 saturated carbocycles. The molecule has 0 bridgehead atoms. The first kappa shape index (κ1) is 19.1. The van der Waals surface area contributed by atoms with Crippen LogP contribution in [0.15, 0.2) is 23.3 Å².